The van der Waals surface area contributed by atoms with Crippen LogP contribution in [0.2, 0.25) is 5.02 Å². The average Bonchev–Trinajstić information content (AvgIpc) is 3.09. The predicted molar refractivity (Wildman–Crippen MR) is 104 cm³/mol. The maximum Gasteiger partial charge on any atom is 0.223 e. The predicted octanol–water partition coefficient (Wildman–Crippen LogP) is 3.36. The third kappa shape index (κ3) is 3.95. The first-order chi connectivity index (χ1) is 13.1. The van der Waals surface area contributed by atoms with Crippen LogP contribution in [-0.2, 0) is 24.1 Å². The monoisotopic (exact) mass is 390 g/mol. The third-order valence-corrected chi connectivity index (χ3v) is 5.90. The van der Waals surface area contributed by atoms with Crippen LogP contribution in [0.1, 0.15) is 36.2 Å². The highest BCUT2D eigenvalue weighted by atomic mass is 35.5. The molecule has 0 atom stereocenters. The van der Waals surface area contributed by atoms with Crippen molar-refractivity contribution in [1.82, 2.24) is 15.1 Å². The first kappa shape index (κ1) is 18.3. The Hall–Kier alpha value is -2.08. The second-order valence-electron chi connectivity index (χ2n) is 7.30. The number of nitrogens with zero attached hydrogens (tertiary/aromatic N) is 3. The zero-order valence-electron chi connectivity index (χ0n) is 15.3. The molecule has 2 aliphatic rings. The summed E-state index contributed by atoms with van der Waals surface area (Å²) >= 11 is 6.15. The smallest absolute Gasteiger partial charge is 0.223 e. The molecule has 1 aromatic carbocycles. The van der Waals surface area contributed by atoms with Gasteiger partial charge in [-0.3, -0.25) is 9.89 Å². The van der Waals surface area contributed by atoms with E-state index in [1.165, 1.54) is 36.2 Å². The van der Waals surface area contributed by atoms with Crippen LogP contribution in [0.4, 0.5) is 10.1 Å². The number of H-pyrrole nitrogens is 1. The SMILES string of the molecule is O=C(CCc1n[nH]c2c1CCCC2)N1CCN(c2ccc(F)cc2Cl)CC1. The summed E-state index contributed by atoms with van der Waals surface area (Å²) in [4.78, 5) is 16.6. The fourth-order valence-corrected chi connectivity index (χ4v) is 4.36. The van der Waals surface area contributed by atoms with E-state index in [2.05, 4.69) is 15.1 Å². The van der Waals surface area contributed by atoms with Gasteiger partial charge in [-0.1, -0.05) is 11.6 Å². The molecule has 0 unspecified atom stereocenters. The Morgan fingerprint density at radius 1 is 1.19 bits per heavy atom. The number of carbonyl (C=O) groups excluding carboxylic acids is 1. The van der Waals surface area contributed by atoms with Crippen LogP contribution in [0, 0.1) is 5.82 Å². The molecule has 0 saturated carbocycles. The summed E-state index contributed by atoms with van der Waals surface area (Å²) in [6.07, 6.45) is 5.78. The van der Waals surface area contributed by atoms with Crippen molar-refractivity contribution in [3.8, 4) is 0 Å². The van der Waals surface area contributed by atoms with Crippen molar-refractivity contribution in [1.29, 1.82) is 0 Å². The van der Waals surface area contributed by atoms with Crippen LogP contribution in [-0.4, -0.2) is 47.2 Å². The second-order valence-corrected chi connectivity index (χ2v) is 7.71. The lowest BCUT2D eigenvalue weighted by Crippen LogP contribution is -2.49. The van der Waals surface area contributed by atoms with E-state index in [0.29, 0.717) is 44.0 Å². The molecule has 1 aliphatic heterocycles. The number of aromatic amines is 1. The van der Waals surface area contributed by atoms with Gasteiger partial charge in [0.1, 0.15) is 5.82 Å². The molecule has 1 fully saturated rings. The maximum atomic E-state index is 13.2. The topological polar surface area (TPSA) is 52.2 Å². The number of nitrogens with one attached hydrogen (secondary N) is 1. The third-order valence-electron chi connectivity index (χ3n) is 5.60. The van der Waals surface area contributed by atoms with Crippen LogP contribution in [0.25, 0.3) is 0 Å². The number of rotatable bonds is 4. The van der Waals surface area contributed by atoms with E-state index >= 15 is 0 Å². The number of hydrogen-bond donors (Lipinski definition) is 1. The molecule has 1 amide bonds. The fraction of sp³-hybridized carbons (Fsp3) is 0.500. The summed E-state index contributed by atoms with van der Waals surface area (Å²) in [6.45, 7) is 2.72. The minimum absolute atomic E-state index is 0.174. The zero-order valence-corrected chi connectivity index (χ0v) is 16.1. The number of aryl methyl sites for hydroxylation is 2. The van der Waals surface area contributed by atoms with E-state index in [0.717, 1.165) is 24.2 Å². The Labute approximate surface area is 163 Å². The highest BCUT2D eigenvalue weighted by Crippen LogP contribution is 2.27. The van der Waals surface area contributed by atoms with Crippen molar-refractivity contribution in [2.75, 3.05) is 31.1 Å². The Balaban J connectivity index is 1.30. The maximum absolute atomic E-state index is 13.2. The first-order valence-electron chi connectivity index (χ1n) is 9.64. The van der Waals surface area contributed by atoms with Crippen LogP contribution in [0.5, 0.6) is 0 Å². The van der Waals surface area contributed by atoms with Gasteiger partial charge in [0.2, 0.25) is 5.91 Å². The van der Waals surface area contributed by atoms with Crippen molar-refractivity contribution >= 4 is 23.2 Å². The van der Waals surface area contributed by atoms with Gasteiger partial charge in [-0.05, 0) is 49.4 Å². The van der Waals surface area contributed by atoms with Crippen molar-refractivity contribution in [2.45, 2.75) is 38.5 Å². The lowest BCUT2D eigenvalue weighted by molar-refractivity contribution is -0.131. The molecule has 7 heteroatoms. The number of anilines is 1. The Kier molecular flexibility index (Phi) is 5.34. The molecule has 1 aromatic heterocycles. The lowest BCUT2D eigenvalue weighted by atomic mass is 9.94. The number of aromatic nitrogens is 2. The quantitative estimate of drug-likeness (QED) is 0.870. The molecular formula is C20H24ClFN4O. The van der Waals surface area contributed by atoms with Gasteiger partial charge in [-0.15, -0.1) is 0 Å². The molecule has 0 radical (unpaired) electrons. The van der Waals surface area contributed by atoms with Gasteiger partial charge < -0.3 is 9.80 Å². The van der Waals surface area contributed by atoms with E-state index in [-0.39, 0.29) is 11.7 Å². The van der Waals surface area contributed by atoms with Gasteiger partial charge in [-0.2, -0.15) is 5.10 Å². The molecule has 1 aliphatic carbocycles. The molecule has 1 saturated heterocycles. The van der Waals surface area contributed by atoms with Gasteiger partial charge in [0.15, 0.2) is 0 Å². The van der Waals surface area contributed by atoms with Gasteiger partial charge in [0.05, 0.1) is 16.4 Å². The minimum Gasteiger partial charge on any atom is -0.367 e. The van der Waals surface area contributed by atoms with Crippen molar-refractivity contribution < 1.29 is 9.18 Å². The summed E-state index contributed by atoms with van der Waals surface area (Å²) in [5.41, 5.74) is 4.49. The van der Waals surface area contributed by atoms with Crippen LogP contribution >= 0.6 is 11.6 Å². The number of amides is 1. The van der Waals surface area contributed by atoms with Gasteiger partial charge >= 0.3 is 0 Å². The van der Waals surface area contributed by atoms with E-state index in [1.807, 2.05) is 4.90 Å². The van der Waals surface area contributed by atoms with Crippen molar-refractivity contribution in [3.05, 3.63) is 46.0 Å². The van der Waals surface area contributed by atoms with E-state index < -0.39 is 0 Å². The molecule has 144 valence electrons. The number of fused-ring (bicyclic) bond motifs is 1. The zero-order chi connectivity index (χ0) is 18.8. The average molecular weight is 391 g/mol. The molecule has 27 heavy (non-hydrogen) atoms. The summed E-state index contributed by atoms with van der Waals surface area (Å²) in [5.74, 6) is -0.162. The normalized spacial score (nSPS) is 17.1. The van der Waals surface area contributed by atoms with Gasteiger partial charge in [0.25, 0.3) is 0 Å². The van der Waals surface area contributed by atoms with Crippen LogP contribution < -0.4 is 4.90 Å². The molecular weight excluding hydrogens is 367 g/mol. The largest absolute Gasteiger partial charge is 0.367 e. The molecule has 2 heterocycles. The number of halogens is 2. The van der Waals surface area contributed by atoms with E-state index in [4.69, 9.17) is 11.6 Å². The highest BCUT2D eigenvalue weighted by Gasteiger charge is 2.23. The van der Waals surface area contributed by atoms with Crippen LogP contribution in [0.3, 0.4) is 0 Å². The molecule has 4 rings (SSSR count). The summed E-state index contributed by atoms with van der Waals surface area (Å²) in [5, 5.41) is 7.99. The fourth-order valence-electron chi connectivity index (χ4n) is 4.07. The Morgan fingerprint density at radius 2 is 1.96 bits per heavy atom. The second kappa shape index (κ2) is 7.89. The molecule has 0 spiro atoms. The molecule has 2 aromatic rings. The first-order valence-corrected chi connectivity index (χ1v) is 10.0. The standard InChI is InChI=1S/C20H24ClFN4O/c21-16-13-14(22)5-7-19(16)25-9-11-26(12-10-25)20(27)8-6-18-15-3-1-2-4-17(15)23-24-18/h5,7,13H,1-4,6,8-12H2,(H,23,24). The Morgan fingerprint density at radius 3 is 2.74 bits per heavy atom. The molecule has 5 nitrogen and oxygen atoms in total. The summed E-state index contributed by atoms with van der Waals surface area (Å²) < 4.78 is 13.2. The Bertz CT molecular complexity index is 829. The van der Waals surface area contributed by atoms with Crippen molar-refractivity contribution in [3.63, 3.8) is 0 Å². The van der Waals surface area contributed by atoms with Gasteiger partial charge in [0, 0.05) is 44.7 Å². The number of piperazine rings is 1. The minimum atomic E-state index is -0.335. The molecule has 0 bridgehead atoms. The lowest BCUT2D eigenvalue weighted by Gasteiger charge is -2.36. The number of carbonyl (C=O) groups is 1. The highest BCUT2D eigenvalue weighted by molar-refractivity contribution is 6.33. The van der Waals surface area contributed by atoms with Gasteiger partial charge in [-0.25, -0.2) is 4.39 Å². The molecule has 1 N–H and O–H groups in total. The van der Waals surface area contributed by atoms with Crippen molar-refractivity contribution in [2.24, 2.45) is 0 Å². The van der Waals surface area contributed by atoms with Crippen LogP contribution in [0.15, 0.2) is 18.2 Å². The summed E-state index contributed by atoms with van der Waals surface area (Å²) in [6, 6.07) is 4.46. The van der Waals surface area contributed by atoms with E-state index in [1.54, 1.807) is 6.07 Å². The summed E-state index contributed by atoms with van der Waals surface area (Å²) in [7, 11) is 0. The number of hydrogen-bond acceptors (Lipinski definition) is 3. The van der Waals surface area contributed by atoms with E-state index in [9.17, 15) is 9.18 Å². The number of benzene rings is 1.